The molecular formula is C74H122N14O41. The summed E-state index contributed by atoms with van der Waals surface area (Å²) in [6.07, 6.45) is -39.4. The summed E-state index contributed by atoms with van der Waals surface area (Å²) < 4.78 is 49.5. The van der Waals surface area contributed by atoms with Gasteiger partial charge < -0.3 is 190 Å². The topological polar surface area (TPSA) is 881 Å². The highest BCUT2D eigenvalue weighted by Crippen LogP contribution is 2.36. The first-order chi connectivity index (χ1) is 60.3. The van der Waals surface area contributed by atoms with Gasteiger partial charge in [0.15, 0.2) is 18.9 Å². The van der Waals surface area contributed by atoms with E-state index < -0.39 is 354 Å². The highest BCUT2D eigenvalue weighted by molar-refractivity contribution is 5.94. The van der Waals surface area contributed by atoms with Crippen molar-refractivity contribution in [1.29, 1.82) is 0 Å². The third-order valence-corrected chi connectivity index (χ3v) is 20.3. The Balaban J connectivity index is 2.08. The lowest BCUT2D eigenvalue weighted by Gasteiger charge is -2.51. The van der Waals surface area contributed by atoms with Gasteiger partial charge in [-0.25, -0.2) is 9.59 Å². The maximum atomic E-state index is 14.4. The van der Waals surface area contributed by atoms with Gasteiger partial charge in [-0.3, -0.25) is 76.7 Å². The normalized spacial score (nSPS) is 25.8. The molecule has 0 radical (unpaired) electrons. The molecule has 0 aromatic rings. The molecule has 0 spiro atoms. The van der Waals surface area contributed by atoms with Gasteiger partial charge in [0.2, 0.25) is 70.9 Å². The number of aliphatic hydroxyl groups excluding tert-OH is 9. The second kappa shape index (κ2) is 54.4. The maximum Gasteiger partial charge on any atom is 0.326 e. The van der Waals surface area contributed by atoms with Gasteiger partial charge in [0, 0.05) is 40.5 Å². The Kier molecular flexibility index (Phi) is 47.6. The van der Waals surface area contributed by atoms with Gasteiger partial charge in [-0.2, -0.15) is 0 Å². The molecule has 55 heteroatoms. The van der Waals surface area contributed by atoms with Crippen LogP contribution in [0.1, 0.15) is 133 Å². The van der Waals surface area contributed by atoms with Crippen LogP contribution in [0.25, 0.3) is 0 Å². The summed E-state index contributed by atoms with van der Waals surface area (Å²) in [6, 6.07) is -23.7. The minimum atomic E-state index is -2.35. The molecule has 31 unspecified atom stereocenters. The molecule has 31 atom stereocenters. The summed E-state index contributed by atoms with van der Waals surface area (Å²) in [5.74, 6) is -22.0. The molecule has 3 aliphatic rings. The summed E-state index contributed by atoms with van der Waals surface area (Å²) in [6.45, 7) is 3.98. The van der Waals surface area contributed by atoms with Crippen molar-refractivity contribution in [1.82, 2.24) is 63.8 Å². The highest BCUT2D eigenvalue weighted by atomic mass is 16.8. The number of aliphatic hydroxyl groups is 9. The zero-order chi connectivity index (χ0) is 98.0. The third kappa shape index (κ3) is 35.8. The second-order valence-electron chi connectivity index (χ2n) is 30.8. The lowest BCUT2D eigenvalue weighted by molar-refractivity contribution is -0.361. The number of carbonyl (C=O) groups excluding carboxylic acids is 12. The van der Waals surface area contributed by atoms with Gasteiger partial charge in [-0.1, -0.05) is 0 Å². The first-order valence-electron chi connectivity index (χ1n) is 40.7. The molecule has 3 heterocycles. The number of nitrogens with two attached hydrogens (primary N) is 2. The third-order valence-electron chi connectivity index (χ3n) is 20.3. The number of rotatable bonds is 56. The summed E-state index contributed by atoms with van der Waals surface area (Å²) >= 11 is 0. The molecule has 0 aliphatic carbocycles. The van der Waals surface area contributed by atoms with Gasteiger partial charge in [-0.05, 0) is 92.9 Å². The summed E-state index contributed by atoms with van der Waals surface area (Å²) in [5.41, 5.74) is 11.1. The van der Waals surface area contributed by atoms with Gasteiger partial charge in [0.25, 0.3) is 0 Å². The fraction of sp³-hybridized carbons (Fsp3) is 0.757. The number of amides is 12. The van der Waals surface area contributed by atoms with Crippen molar-refractivity contribution in [3.8, 4) is 0 Å². The van der Waals surface area contributed by atoms with Crippen molar-refractivity contribution in [2.24, 2.45) is 11.5 Å². The SMILES string of the molecule is CC(=O)NC(CO)C(OC(C)C(=O)NC(C)C(=O)NC(CCC(=O)NC(CCCC(N)C(=O)O)C(=O)NC(C)C(=O)O)C(=O)O)C(OC1OC(CO)C(OC2OC(CO)C(OC3OC(CO)C(O)C(O)C3NC(C)=O)C(OC(C)C(=O)NC(C)C(=O)NC(CCC(=O)NC(CCCC(N)C(=O)O)C(=O)NC(C)C(=O)O)C(=O)O)C2NC(C)=O)C(O)C1NC(C)=O)C(O)CO. The van der Waals surface area contributed by atoms with E-state index in [-0.39, 0.29) is 38.5 Å². The molecule has 3 saturated heterocycles. The van der Waals surface area contributed by atoms with Crippen LogP contribution in [0.15, 0.2) is 0 Å². The molecule has 0 aromatic heterocycles. The Labute approximate surface area is 735 Å². The quantitative estimate of drug-likeness (QED) is 0.0269. The Hall–Kier alpha value is -10.3. The largest absolute Gasteiger partial charge is 0.480 e. The van der Waals surface area contributed by atoms with Gasteiger partial charge in [-0.15, -0.1) is 0 Å². The lowest BCUT2D eigenvalue weighted by atomic mass is 9.93. The molecule has 12 amide bonds. The molecular weight excluding hydrogens is 1740 g/mol. The number of carboxylic acids is 6. The Bertz CT molecular complexity index is 3820. The van der Waals surface area contributed by atoms with Crippen molar-refractivity contribution in [3.05, 3.63) is 0 Å². The van der Waals surface area contributed by atoms with E-state index in [9.17, 15) is 163 Å². The van der Waals surface area contributed by atoms with Crippen molar-refractivity contribution in [2.75, 3.05) is 33.0 Å². The lowest BCUT2D eigenvalue weighted by Crippen LogP contribution is -2.72. The predicted octanol–water partition coefficient (Wildman–Crippen LogP) is -13.7. The fourth-order valence-electron chi connectivity index (χ4n) is 13.3. The molecule has 3 fully saturated rings. The summed E-state index contributed by atoms with van der Waals surface area (Å²) in [7, 11) is 0. The Morgan fingerprint density at radius 2 is 0.744 bits per heavy atom. The van der Waals surface area contributed by atoms with Crippen molar-refractivity contribution < 1.29 is 201 Å². The second-order valence-corrected chi connectivity index (χ2v) is 30.8. The van der Waals surface area contributed by atoms with E-state index in [0.717, 1.165) is 69.2 Å². The molecule has 0 saturated carbocycles. The fourth-order valence-corrected chi connectivity index (χ4v) is 13.3. The van der Waals surface area contributed by atoms with Gasteiger partial charge in [0.1, 0.15) is 164 Å². The molecule has 0 bridgehead atoms. The van der Waals surface area contributed by atoms with Crippen LogP contribution in [0.5, 0.6) is 0 Å². The molecule has 31 N–H and O–H groups in total. The number of hydrogen-bond donors (Lipinski definition) is 29. The molecule has 3 rings (SSSR count). The number of hydrogen-bond acceptors (Lipinski definition) is 37. The highest BCUT2D eigenvalue weighted by Gasteiger charge is 2.57. The number of aliphatic carboxylic acids is 6. The van der Waals surface area contributed by atoms with E-state index in [1.54, 1.807) is 0 Å². The van der Waals surface area contributed by atoms with Crippen LogP contribution in [-0.4, -0.2) is 405 Å². The van der Waals surface area contributed by atoms with Crippen LogP contribution in [0.2, 0.25) is 0 Å². The van der Waals surface area contributed by atoms with Crippen LogP contribution in [0.4, 0.5) is 0 Å². The van der Waals surface area contributed by atoms with Crippen molar-refractivity contribution in [3.63, 3.8) is 0 Å². The number of carboxylic acid groups (broad SMARTS) is 6. The van der Waals surface area contributed by atoms with E-state index in [0.29, 0.717) is 0 Å². The first kappa shape index (κ1) is 113. The van der Waals surface area contributed by atoms with E-state index >= 15 is 0 Å². The van der Waals surface area contributed by atoms with Crippen molar-refractivity contribution >= 4 is 107 Å². The minimum Gasteiger partial charge on any atom is -0.480 e. The number of nitrogens with one attached hydrogen (secondary N) is 12. The van der Waals surface area contributed by atoms with E-state index in [4.69, 9.17) is 49.4 Å². The van der Waals surface area contributed by atoms with Crippen LogP contribution >= 0.6 is 0 Å². The minimum absolute atomic E-state index is 0.0767. The van der Waals surface area contributed by atoms with Crippen LogP contribution in [0, 0.1) is 0 Å². The monoisotopic (exact) mass is 1860 g/mol. The number of carbonyl (C=O) groups is 18. The molecule has 3 aliphatic heterocycles. The zero-order valence-electron chi connectivity index (χ0n) is 72.0. The van der Waals surface area contributed by atoms with E-state index in [2.05, 4.69) is 63.8 Å². The van der Waals surface area contributed by atoms with Crippen LogP contribution in [0.3, 0.4) is 0 Å². The standard InChI is InChI=1S/C74H122N14O41/c1-26(60(104)87-40(70(118)119)17-19-47(99)85-38(15-11-13-36(75)68(114)115)64(108)79-28(3)66(110)111)77-62(106)30(5)122-55(42(21-89)81-32(7)94)56(43(98)22-90)127-73-50(83-34(9)96)54(103)57(45(24-92)125-73)128-74-51(84-35(10)97)59(58(46(25-93)126-74)129-72-49(82-33(8)95)53(102)52(101)44(23-91)124-72)123-31(6)63(107)78-27(2)61(105)88-41(71(120)121)18-20-48(100)86-39(16-12-14-37(76)69(116)117)65(109)80-29(4)67(112)113/h26-31,36-46,49-59,72-74,89-93,98,101-103H,11-25,75-76H2,1-10H3,(H,77,106)(H,78,107)(H,79,108)(H,80,109)(H,81,94)(H,82,95)(H,83,96)(H,84,97)(H,85,99)(H,86,100)(H,87,104)(H,88,105)(H,110,111)(H,112,113)(H,114,115)(H,116,117)(H,118,119)(H,120,121). The Morgan fingerprint density at radius 3 is 1.14 bits per heavy atom. The smallest absolute Gasteiger partial charge is 0.326 e. The zero-order valence-corrected chi connectivity index (χ0v) is 72.0. The summed E-state index contributed by atoms with van der Waals surface area (Å²) in [5, 5.41) is 185. The molecule has 734 valence electrons. The summed E-state index contributed by atoms with van der Waals surface area (Å²) in [4.78, 5) is 231. The van der Waals surface area contributed by atoms with Crippen LogP contribution in [-0.2, 0) is 124 Å². The van der Waals surface area contributed by atoms with Gasteiger partial charge >= 0.3 is 35.8 Å². The van der Waals surface area contributed by atoms with Crippen molar-refractivity contribution in [2.45, 2.75) is 322 Å². The van der Waals surface area contributed by atoms with Crippen LogP contribution < -0.4 is 75.3 Å². The first-order valence-corrected chi connectivity index (χ1v) is 40.7. The average Bonchev–Trinajstić information content (AvgIpc) is 0.760. The number of ether oxygens (including phenoxy) is 8. The average molecular weight is 1860 g/mol. The molecule has 129 heavy (non-hydrogen) atoms. The Morgan fingerprint density at radius 1 is 0.357 bits per heavy atom. The predicted molar refractivity (Wildman–Crippen MR) is 425 cm³/mol. The maximum absolute atomic E-state index is 14.4. The molecule has 55 nitrogen and oxygen atoms in total. The molecule has 0 aromatic carbocycles. The van der Waals surface area contributed by atoms with Gasteiger partial charge in [0.05, 0.1) is 39.1 Å². The van der Waals surface area contributed by atoms with E-state index in [1.807, 2.05) is 0 Å². The van der Waals surface area contributed by atoms with E-state index in [1.165, 1.54) is 0 Å².